The second kappa shape index (κ2) is 6.71. The Labute approximate surface area is 132 Å². The summed E-state index contributed by atoms with van der Waals surface area (Å²) in [5.74, 6) is 0. The zero-order valence-electron chi connectivity index (χ0n) is 9.84. The minimum Gasteiger partial charge on any atom is -0.353 e. The Morgan fingerprint density at radius 2 is 1.53 bits per heavy atom. The summed E-state index contributed by atoms with van der Waals surface area (Å²) in [5.41, 5.74) is 2.58. The van der Waals surface area contributed by atoms with Crippen LogP contribution in [0.25, 0.3) is 0 Å². The van der Waals surface area contributed by atoms with Crippen LogP contribution < -0.4 is 5.32 Å². The number of halogens is 4. The number of anilines is 2. The van der Waals surface area contributed by atoms with Crippen molar-refractivity contribution in [2.75, 3.05) is 5.32 Å². The van der Waals surface area contributed by atoms with Crippen LogP contribution in [0.2, 0.25) is 10.0 Å². The second-order valence-corrected chi connectivity index (χ2v) is 6.07. The van der Waals surface area contributed by atoms with Gasteiger partial charge < -0.3 is 5.32 Å². The fraction of sp³-hybridized carbons (Fsp3) is 0.143. The zero-order valence-corrected chi connectivity index (χ0v) is 12.9. The number of para-hydroxylation sites is 2. The summed E-state index contributed by atoms with van der Waals surface area (Å²) in [4.78, 5) is -0.454. The summed E-state index contributed by atoms with van der Waals surface area (Å²) in [6.07, 6.45) is 0.550. The second-order valence-electron chi connectivity index (χ2n) is 3.97. The zero-order chi connectivity index (χ0) is 13.8. The van der Waals surface area contributed by atoms with E-state index in [4.69, 9.17) is 46.4 Å². The highest BCUT2D eigenvalue weighted by molar-refractivity contribution is 6.44. The van der Waals surface area contributed by atoms with E-state index in [1.165, 1.54) is 0 Å². The molecule has 0 bridgehead atoms. The van der Waals surface area contributed by atoms with Crippen molar-refractivity contribution in [3.63, 3.8) is 0 Å². The number of hydrogen-bond acceptors (Lipinski definition) is 1. The van der Waals surface area contributed by atoms with Gasteiger partial charge in [-0.3, -0.25) is 0 Å². The summed E-state index contributed by atoms with van der Waals surface area (Å²) in [6.45, 7) is 0. The van der Waals surface area contributed by atoms with Crippen molar-refractivity contribution in [1.82, 2.24) is 0 Å². The van der Waals surface area contributed by atoms with Gasteiger partial charge in [-0.1, -0.05) is 47.5 Å². The molecule has 0 aliphatic carbocycles. The Morgan fingerprint density at radius 3 is 2.16 bits per heavy atom. The summed E-state index contributed by atoms with van der Waals surface area (Å²) in [5, 5.41) is 4.36. The van der Waals surface area contributed by atoms with E-state index in [0.717, 1.165) is 11.3 Å². The maximum atomic E-state index is 6.14. The summed E-state index contributed by atoms with van der Waals surface area (Å²) < 4.78 is 0. The van der Waals surface area contributed by atoms with Crippen LogP contribution >= 0.6 is 46.4 Å². The van der Waals surface area contributed by atoms with Crippen LogP contribution in [0.5, 0.6) is 0 Å². The Hall–Kier alpha value is -0.600. The van der Waals surface area contributed by atoms with Gasteiger partial charge >= 0.3 is 0 Å². The minimum absolute atomic E-state index is 0.454. The third-order valence-corrected chi connectivity index (χ3v) is 3.55. The van der Waals surface area contributed by atoms with E-state index in [9.17, 15) is 0 Å². The molecule has 2 aromatic rings. The van der Waals surface area contributed by atoms with Crippen molar-refractivity contribution in [2.24, 2.45) is 0 Å². The number of nitrogens with one attached hydrogen (secondary N) is 1. The molecule has 0 amide bonds. The number of hydrogen-bond donors (Lipinski definition) is 1. The molecular weight excluding hydrogens is 324 g/mol. The Morgan fingerprint density at radius 1 is 0.895 bits per heavy atom. The van der Waals surface area contributed by atoms with Crippen molar-refractivity contribution >= 4 is 57.8 Å². The predicted molar refractivity (Wildman–Crippen MR) is 85.4 cm³/mol. The molecule has 100 valence electrons. The lowest BCUT2D eigenvalue weighted by Gasteiger charge is -2.14. The largest absolute Gasteiger partial charge is 0.353 e. The molecule has 0 heterocycles. The van der Waals surface area contributed by atoms with Gasteiger partial charge in [-0.15, -0.1) is 23.2 Å². The first-order chi connectivity index (χ1) is 9.08. The normalized spacial score (nSPS) is 10.8. The monoisotopic (exact) mass is 333 g/mol. The van der Waals surface area contributed by atoms with Crippen molar-refractivity contribution in [3.8, 4) is 0 Å². The van der Waals surface area contributed by atoms with Crippen LogP contribution in [0.4, 0.5) is 11.4 Å². The quantitative estimate of drug-likeness (QED) is 0.668. The fourth-order valence-electron chi connectivity index (χ4n) is 1.74. The van der Waals surface area contributed by atoms with Gasteiger partial charge in [0.25, 0.3) is 0 Å². The lowest BCUT2D eigenvalue weighted by molar-refractivity contribution is 1.09. The topological polar surface area (TPSA) is 12.0 Å². The molecule has 0 atom stereocenters. The van der Waals surface area contributed by atoms with Gasteiger partial charge in [0.2, 0.25) is 0 Å². The van der Waals surface area contributed by atoms with Crippen molar-refractivity contribution in [3.05, 3.63) is 58.1 Å². The molecule has 0 radical (unpaired) electrons. The van der Waals surface area contributed by atoms with Crippen molar-refractivity contribution in [1.29, 1.82) is 0 Å². The molecule has 0 unspecified atom stereocenters. The maximum Gasteiger partial charge on any atom is 0.111 e. The predicted octanol–water partition coefficient (Wildman–Crippen LogP) is 6.08. The van der Waals surface area contributed by atoms with E-state index in [-0.39, 0.29) is 0 Å². The van der Waals surface area contributed by atoms with E-state index < -0.39 is 4.84 Å². The molecule has 19 heavy (non-hydrogen) atoms. The van der Waals surface area contributed by atoms with Crippen LogP contribution in [-0.2, 0) is 6.42 Å². The smallest absolute Gasteiger partial charge is 0.111 e. The van der Waals surface area contributed by atoms with Crippen molar-refractivity contribution < 1.29 is 0 Å². The third kappa shape index (κ3) is 3.93. The van der Waals surface area contributed by atoms with Gasteiger partial charge in [0.15, 0.2) is 0 Å². The Balaban J connectivity index is 2.33. The van der Waals surface area contributed by atoms with E-state index in [0.29, 0.717) is 22.2 Å². The average molecular weight is 335 g/mol. The standard InChI is InChI=1S/C14H11Cl4N/c15-10-5-3-6-11(16)14(10)19-12-7-2-1-4-9(12)8-13(17)18/h1-7,13,19H,8H2. The van der Waals surface area contributed by atoms with Gasteiger partial charge in [-0.2, -0.15) is 0 Å². The number of benzene rings is 2. The molecular formula is C14H11Cl4N. The van der Waals surface area contributed by atoms with Crippen LogP contribution in [0.3, 0.4) is 0 Å². The van der Waals surface area contributed by atoms with Crippen LogP contribution in [0, 0.1) is 0 Å². The van der Waals surface area contributed by atoms with Gasteiger partial charge in [0.1, 0.15) is 4.84 Å². The summed E-state index contributed by atoms with van der Waals surface area (Å²) in [7, 11) is 0. The summed E-state index contributed by atoms with van der Waals surface area (Å²) in [6, 6.07) is 13.1. The molecule has 0 aromatic heterocycles. The SMILES string of the molecule is Clc1cccc(Cl)c1Nc1ccccc1CC(Cl)Cl. The van der Waals surface area contributed by atoms with Gasteiger partial charge in [0, 0.05) is 12.1 Å². The Bertz CT molecular complexity index is 549. The van der Waals surface area contributed by atoms with E-state index in [1.54, 1.807) is 18.2 Å². The lowest BCUT2D eigenvalue weighted by Crippen LogP contribution is -2.01. The Kier molecular flexibility index (Phi) is 5.23. The van der Waals surface area contributed by atoms with Gasteiger partial charge in [-0.25, -0.2) is 0 Å². The summed E-state index contributed by atoms with van der Waals surface area (Å²) >= 11 is 23.9. The van der Waals surface area contributed by atoms with E-state index >= 15 is 0 Å². The number of rotatable bonds is 4. The van der Waals surface area contributed by atoms with Crippen LogP contribution in [-0.4, -0.2) is 4.84 Å². The molecule has 0 saturated heterocycles. The first-order valence-electron chi connectivity index (χ1n) is 5.65. The molecule has 1 N–H and O–H groups in total. The molecule has 0 aliphatic heterocycles. The molecule has 2 rings (SSSR count). The number of alkyl halides is 2. The molecule has 1 nitrogen and oxygen atoms in total. The molecule has 2 aromatic carbocycles. The molecule has 0 fully saturated rings. The highest BCUT2D eigenvalue weighted by Crippen LogP contribution is 2.34. The van der Waals surface area contributed by atoms with Crippen molar-refractivity contribution in [2.45, 2.75) is 11.3 Å². The molecule has 5 heteroatoms. The fourth-order valence-corrected chi connectivity index (χ4v) is 2.56. The molecule has 0 spiro atoms. The lowest BCUT2D eigenvalue weighted by atomic mass is 10.1. The first-order valence-corrected chi connectivity index (χ1v) is 7.28. The van der Waals surface area contributed by atoms with Gasteiger partial charge in [-0.05, 0) is 23.8 Å². The maximum absolute atomic E-state index is 6.14. The third-order valence-electron chi connectivity index (χ3n) is 2.61. The minimum atomic E-state index is -0.454. The molecule has 0 aliphatic rings. The van der Waals surface area contributed by atoms with Crippen LogP contribution in [0.15, 0.2) is 42.5 Å². The highest BCUT2D eigenvalue weighted by atomic mass is 35.5. The highest BCUT2D eigenvalue weighted by Gasteiger charge is 2.10. The van der Waals surface area contributed by atoms with E-state index in [1.807, 2.05) is 24.3 Å². The van der Waals surface area contributed by atoms with Gasteiger partial charge in [0.05, 0.1) is 15.7 Å². The first kappa shape index (κ1) is 14.8. The van der Waals surface area contributed by atoms with Crippen LogP contribution in [0.1, 0.15) is 5.56 Å². The average Bonchev–Trinajstić information content (AvgIpc) is 2.35. The molecule has 0 saturated carbocycles. The van der Waals surface area contributed by atoms with E-state index in [2.05, 4.69) is 5.32 Å².